The molecule has 2 fully saturated rings. The molecule has 1 spiro atoms. The number of aliphatic hydroxyl groups is 1. The standard InChI is InChI=1S/C17H30O4/c1-12(2)7-6-9-16(3,18)15-14(20-5)13(19-4)8-10-17(15)11-21-17/h7,13-15,18H,6,8-11H2,1-5H3/t13?,14?,15?,16?,17-/m0/s1. The Morgan fingerprint density at radius 2 is 2.05 bits per heavy atom. The SMILES string of the molecule is COC1CC[C@]2(CO2)C(C(C)(O)CCC=C(C)C)C1OC. The maximum absolute atomic E-state index is 11.1. The highest BCUT2D eigenvalue weighted by Gasteiger charge is 2.63. The Morgan fingerprint density at radius 1 is 1.38 bits per heavy atom. The zero-order chi connectivity index (χ0) is 15.7. The van der Waals surface area contributed by atoms with E-state index in [-0.39, 0.29) is 23.7 Å². The van der Waals surface area contributed by atoms with E-state index in [4.69, 9.17) is 14.2 Å². The van der Waals surface area contributed by atoms with Gasteiger partial charge in [-0.15, -0.1) is 0 Å². The Balaban J connectivity index is 2.17. The summed E-state index contributed by atoms with van der Waals surface area (Å²) < 4.78 is 17.1. The molecule has 0 aromatic heterocycles. The van der Waals surface area contributed by atoms with E-state index in [2.05, 4.69) is 19.9 Å². The summed E-state index contributed by atoms with van der Waals surface area (Å²) in [5.74, 6) is -0.0423. The van der Waals surface area contributed by atoms with E-state index in [1.807, 2.05) is 6.92 Å². The van der Waals surface area contributed by atoms with Crippen molar-refractivity contribution in [1.29, 1.82) is 0 Å². The lowest BCUT2D eigenvalue weighted by molar-refractivity contribution is -0.171. The zero-order valence-electron chi connectivity index (χ0n) is 14.0. The van der Waals surface area contributed by atoms with Crippen molar-refractivity contribution in [3.8, 4) is 0 Å². The van der Waals surface area contributed by atoms with Crippen LogP contribution >= 0.6 is 0 Å². The van der Waals surface area contributed by atoms with E-state index in [1.54, 1.807) is 14.2 Å². The smallest absolute Gasteiger partial charge is 0.0998 e. The molecule has 0 bridgehead atoms. The molecule has 4 nitrogen and oxygen atoms in total. The molecule has 1 aliphatic carbocycles. The first kappa shape index (κ1) is 16.9. The van der Waals surface area contributed by atoms with Crippen LogP contribution in [0.25, 0.3) is 0 Å². The van der Waals surface area contributed by atoms with E-state index in [0.29, 0.717) is 6.42 Å². The van der Waals surface area contributed by atoms with Crippen molar-refractivity contribution >= 4 is 0 Å². The summed E-state index contributed by atoms with van der Waals surface area (Å²) in [4.78, 5) is 0. The van der Waals surface area contributed by atoms with Crippen LogP contribution in [0.1, 0.15) is 46.5 Å². The summed E-state index contributed by atoms with van der Waals surface area (Å²) in [5.41, 5.74) is 0.259. The van der Waals surface area contributed by atoms with Gasteiger partial charge in [-0.25, -0.2) is 0 Å². The highest BCUT2D eigenvalue weighted by Crippen LogP contribution is 2.52. The van der Waals surface area contributed by atoms with E-state index in [1.165, 1.54) is 5.57 Å². The second kappa shape index (κ2) is 6.37. The zero-order valence-corrected chi connectivity index (χ0v) is 14.0. The normalized spacial score (nSPS) is 38.1. The lowest BCUT2D eigenvalue weighted by Gasteiger charge is -2.47. The molecule has 5 atom stereocenters. The van der Waals surface area contributed by atoms with Gasteiger partial charge in [0.05, 0.1) is 30.0 Å². The van der Waals surface area contributed by atoms with E-state index in [0.717, 1.165) is 25.9 Å². The van der Waals surface area contributed by atoms with Gasteiger partial charge >= 0.3 is 0 Å². The Morgan fingerprint density at radius 3 is 2.52 bits per heavy atom. The van der Waals surface area contributed by atoms with Crippen LogP contribution in [-0.2, 0) is 14.2 Å². The van der Waals surface area contributed by atoms with Gasteiger partial charge in [-0.2, -0.15) is 0 Å². The molecule has 4 unspecified atom stereocenters. The summed E-state index contributed by atoms with van der Waals surface area (Å²) in [6.07, 6.45) is 5.54. The molecule has 21 heavy (non-hydrogen) atoms. The van der Waals surface area contributed by atoms with Crippen LogP contribution < -0.4 is 0 Å². The fraction of sp³-hybridized carbons (Fsp3) is 0.882. The summed E-state index contributed by atoms with van der Waals surface area (Å²) >= 11 is 0. The molecule has 1 saturated carbocycles. The van der Waals surface area contributed by atoms with Crippen molar-refractivity contribution in [1.82, 2.24) is 0 Å². The molecule has 122 valence electrons. The molecule has 1 saturated heterocycles. The van der Waals surface area contributed by atoms with E-state index < -0.39 is 5.60 Å². The average Bonchev–Trinajstić information content (AvgIpc) is 3.17. The van der Waals surface area contributed by atoms with E-state index >= 15 is 0 Å². The topological polar surface area (TPSA) is 51.2 Å². The molecule has 0 radical (unpaired) electrons. The van der Waals surface area contributed by atoms with Gasteiger partial charge in [-0.1, -0.05) is 11.6 Å². The molecule has 2 aliphatic rings. The molecular formula is C17H30O4. The molecule has 1 N–H and O–H groups in total. The van der Waals surface area contributed by atoms with E-state index in [9.17, 15) is 5.11 Å². The fourth-order valence-corrected chi connectivity index (χ4v) is 3.91. The summed E-state index contributed by atoms with van der Waals surface area (Å²) in [7, 11) is 3.43. The Bertz CT molecular complexity index is 380. The molecular weight excluding hydrogens is 268 g/mol. The minimum atomic E-state index is -0.819. The number of methoxy groups -OCH3 is 2. The molecule has 2 rings (SSSR count). The molecule has 4 heteroatoms. The predicted octanol–water partition coefficient (Wildman–Crippen LogP) is 2.69. The van der Waals surface area contributed by atoms with Gasteiger partial charge in [0.1, 0.15) is 0 Å². The van der Waals surface area contributed by atoms with Crippen molar-refractivity contribution in [2.75, 3.05) is 20.8 Å². The minimum absolute atomic E-state index is 0.0322. The number of ether oxygens (including phenoxy) is 3. The van der Waals surface area contributed by atoms with Gasteiger partial charge in [0, 0.05) is 20.1 Å². The van der Waals surface area contributed by atoms with Crippen LogP contribution in [0.2, 0.25) is 0 Å². The third-order valence-corrected chi connectivity index (χ3v) is 5.08. The Kier molecular flexibility index (Phi) is 5.14. The van der Waals surface area contributed by atoms with Crippen LogP contribution in [0.15, 0.2) is 11.6 Å². The highest BCUT2D eigenvalue weighted by atomic mass is 16.6. The third-order valence-electron chi connectivity index (χ3n) is 5.08. The van der Waals surface area contributed by atoms with Crippen LogP contribution in [-0.4, -0.2) is 49.3 Å². The highest BCUT2D eigenvalue weighted by molar-refractivity contribution is 5.13. The third kappa shape index (κ3) is 3.50. The largest absolute Gasteiger partial charge is 0.390 e. The Labute approximate surface area is 128 Å². The maximum atomic E-state index is 11.1. The lowest BCUT2D eigenvalue weighted by Crippen LogP contribution is -2.58. The second-order valence-electron chi connectivity index (χ2n) is 7.02. The summed E-state index contributed by atoms with van der Waals surface area (Å²) in [6, 6.07) is 0. The second-order valence-corrected chi connectivity index (χ2v) is 7.02. The quantitative estimate of drug-likeness (QED) is 0.605. The van der Waals surface area contributed by atoms with Gasteiger partial charge in [0.25, 0.3) is 0 Å². The average molecular weight is 298 g/mol. The number of hydrogen-bond donors (Lipinski definition) is 1. The first-order chi connectivity index (χ1) is 9.86. The molecule has 0 amide bonds. The van der Waals surface area contributed by atoms with Gasteiger partial charge in [-0.3, -0.25) is 0 Å². The minimum Gasteiger partial charge on any atom is -0.390 e. The molecule has 1 heterocycles. The van der Waals surface area contributed by atoms with Gasteiger partial charge in [-0.05, 0) is 46.5 Å². The molecule has 0 aromatic carbocycles. The van der Waals surface area contributed by atoms with Gasteiger partial charge < -0.3 is 19.3 Å². The fourth-order valence-electron chi connectivity index (χ4n) is 3.91. The first-order valence-electron chi connectivity index (χ1n) is 7.91. The predicted molar refractivity (Wildman–Crippen MR) is 82.3 cm³/mol. The number of allylic oxidation sites excluding steroid dienone is 2. The molecule has 0 aromatic rings. The monoisotopic (exact) mass is 298 g/mol. The van der Waals surface area contributed by atoms with Crippen molar-refractivity contribution in [3.63, 3.8) is 0 Å². The maximum Gasteiger partial charge on any atom is 0.0998 e. The Hall–Kier alpha value is -0.420. The molecule has 1 aliphatic heterocycles. The van der Waals surface area contributed by atoms with Crippen molar-refractivity contribution in [3.05, 3.63) is 11.6 Å². The number of rotatable bonds is 6. The van der Waals surface area contributed by atoms with Crippen molar-refractivity contribution in [2.24, 2.45) is 5.92 Å². The van der Waals surface area contributed by atoms with Crippen molar-refractivity contribution in [2.45, 2.75) is 69.9 Å². The van der Waals surface area contributed by atoms with Crippen LogP contribution in [0, 0.1) is 5.92 Å². The van der Waals surface area contributed by atoms with Crippen LogP contribution in [0.3, 0.4) is 0 Å². The van der Waals surface area contributed by atoms with Gasteiger partial charge in [0.2, 0.25) is 0 Å². The van der Waals surface area contributed by atoms with Crippen LogP contribution in [0.4, 0.5) is 0 Å². The van der Waals surface area contributed by atoms with Crippen LogP contribution in [0.5, 0.6) is 0 Å². The number of epoxide rings is 1. The summed E-state index contributed by atoms with van der Waals surface area (Å²) in [5, 5.41) is 11.1. The van der Waals surface area contributed by atoms with Gasteiger partial charge in [0.15, 0.2) is 0 Å². The first-order valence-corrected chi connectivity index (χ1v) is 7.91. The lowest BCUT2D eigenvalue weighted by atomic mass is 9.66. The summed E-state index contributed by atoms with van der Waals surface area (Å²) in [6.45, 7) is 6.82. The number of hydrogen-bond acceptors (Lipinski definition) is 4. The van der Waals surface area contributed by atoms with Crippen molar-refractivity contribution < 1.29 is 19.3 Å².